The van der Waals surface area contributed by atoms with Gasteiger partial charge in [-0.05, 0) is 42.7 Å². The van der Waals surface area contributed by atoms with Crippen molar-refractivity contribution in [2.24, 2.45) is 0 Å². The highest BCUT2D eigenvalue weighted by Crippen LogP contribution is 2.34. The second kappa shape index (κ2) is 7.04. The van der Waals surface area contributed by atoms with Crippen LogP contribution in [0, 0.1) is 0 Å². The molecule has 0 saturated heterocycles. The van der Waals surface area contributed by atoms with Crippen LogP contribution in [0.15, 0.2) is 48.5 Å². The van der Waals surface area contributed by atoms with Gasteiger partial charge in [0.15, 0.2) is 0 Å². The van der Waals surface area contributed by atoms with Crippen LogP contribution in [0.5, 0.6) is 5.75 Å². The van der Waals surface area contributed by atoms with Crippen molar-refractivity contribution in [3.8, 4) is 5.75 Å². The smallest absolute Gasteiger partial charge is 0.267 e. The highest BCUT2D eigenvalue weighted by Gasteiger charge is 2.25. The van der Waals surface area contributed by atoms with Crippen molar-refractivity contribution in [2.45, 2.75) is 32.4 Å². The molecule has 5 heteroatoms. The number of amides is 1. The van der Waals surface area contributed by atoms with Crippen LogP contribution >= 0.6 is 11.6 Å². The first-order valence-corrected chi connectivity index (χ1v) is 9.35. The van der Waals surface area contributed by atoms with E-state index in [1.54, 1.807) is 0 Å². The highest BCUT2D eigenvalue weighted by atomic mass is 35.5. The van der Waals surface area contributed by atoms with E-state index in [9.17, 15) is 4.79 Å². The third kappa shape index (κ3) is 3.17. The predicted molar refractivity (Wildman–Crippen MR) is 104 cm³/mol. The molecule has 134 valence electrons. The minimum absolute atomic E-state index is 0.0436. The van der Waals surface area contributed by atoms with E-state index in [1.807, 2.05) is 48.5 Å². The SMILES string of the molecule is CC[C@H]1Cn2c(C(=O)NCCc3ccc(Cl)cc3)cc3cccc(c32)O1. The Kier molecular flexibility index (Phi) is 4.60. The quantitative estimate of drug-likeness (QED) is 0.723. The summed E-state index contributed by atoms with van der Waals surface area (Å²) in [6.07, 6.45) is 1.78. The molecule has 1 N–H and O–H groups in total. The van der Waals surface area contributed by atoms with Crippen molar-refractivity contribution in [3.05, 3.63) is 64.8 Å². The lowest BCUT2D eigenvalue weighted by atomic mass is 10.1. The summed E-state index contributed by atoms with van der Waals surface area (Å²) in [7, 11) is 0. The molecule has 0 aliphatic carbocycles. The summed E-state index contributed by atoms with van der Waals surface area (Å²) in [6.45, 7) is 3.39. The summed E-state index contributed by atoms with van der Waals surface area (Å²) >= 11 is 5.91. The molecule has 0 saturated carbocycles. The van der Waals surface area contributed by atoms with Crippen LogP contribution in [0.2, 0.25) is 5.02 Å². The zero-order valence-electron chi connectivity index (χ0n) is 14.7. The van der Waals surface area contributed by atoms with Gasteiger partial charge < -0.3 is 14.6 Å². The molecule has 2 heterocycles. The second-order valence-corrected chi connectivity index (χ2v) is 7.05. The Bertz CT molecular complexity index is 947. The van der Waals surface area contributed by atoms with Gasteiger partial charge in [-0.2, -0.15) is 0 Å². The molecule has 0 fully saturated rings. The molecule has 0 spiro atoms. The number of halogens is 1. The first-order valence-electron chi connectivity index (χ1n) is 8.97. The monoisotopic (exact) mass is 368 g/mol. The largest absolute Gasteiger partial charge is 0.486 e. The van der Waals surface area contributed by atoms with E-state index in [0.29, 0.717) is 18.8 Å². The lowest BCUT2D eigenvalue weighted by molar-refractivity contribution is 0.0938. The standard InChI is InChI=1S/C21H21ClN2O2/c1-2-17-13-24-18(12-15-4-3-5-19(26-17)20(15)24)21(25)23-11-10-14-6-8-16(22)9-7-14/h3-9,12,17H,2,10-11,13H2,1H3,(H,23,25)/t17-/m0/s1. The van der Waals surface area contributed by atoms with E-state index in [-0.39, 0.29) is 12.0 Å². The number of hydrogen-bond acceptors (Lipinski definition) is 2. The van der Waals surface area contributed by atoms with Crippen molar-refractivity contribution in [3.63, 3.8) is 0 Å². The van der Waals surface area contributed by atoms with Crippen molar-refractivity contribution in [1.29, 1.82) is 0 Å². The molecule has 1 atom stereocenters. The molecule has 0 bridgehead atoms. The van der Waals surface area contributed by atoms with Gasteiger partial charge in [0.2, 0.25) is 0 Å². The van der Waals surface area contributed by atoms with Crippen molar-refractivity contribution in [2.75, 3.05) is 6.54 Å². The summed E-state index contributed by atoms with van der Waals surface area (Å²) in [5.74, 6) is 0.818. The molecular weight excluding hydrogens is 348 g/mol. The van der Waals surface area contributed by atoms with Crippen LogP contribution < -0.4 is 10.1 Å². The highest BCUT2D eigenvalue weighted by molar-refractivity contribution is 6.30. The van der Waals surface area contributed by atoms with Crippen molar-refractivity contribution >= 4 is 28.4 Å². The summed E-state index contributed by atoms with van der Waals surface area (Å²) in [5, 5.41) is 4.80. The lowest BCUT2D eigenvalue weighted by Crippen LogP contribution is -2.32. The van der Waals surface area contributed by atoms with E-state index in [2.05, 4.69) is 16.8 Å². The second-order valence-electron chi connectivity index (χ2n) is 6.61. The maximum Gasteiger partial charge on any atom is 0.267 e. The number of carbonyl (C=O) groups excluding carboxylic acids is 1. The fourth-order valence-electron chi connectivity index (χ4n) is 3.46. The minimum atomic E-state index is -0.0436. The molecule has 26 heavy (non-hydrogen) atoms. The maximum absolute atomic E-state index is 12.8. The summed E-state index contributed by atoms with van der Waals surface area (Å²) in [6, 6.07) is 15.6. The number of benzene rings is 2. The first-order chi connectivity index (χ1) is 12.7. The molecule has 1 aliphatic heterocycles. The molecule has 4 nitrogen and oxygen atoms in total. The zero-order valence-corrected chi connectivity index (χ0v) is 15.4. The number of nitrogens with one attached hydrogen (secondary N) is 1. The van der Waals surface area contributed by atoms with Crippen LogP contribution in [0.1, 0.15) is 29.4 Å². The van der Waals surface area contributed by atoms with E-state index in [1.165, 1.54) is 0 Å². The third-order valence-corrected chi connectivity index (χ3v) is 5.12. The number of para-hydroxylation sites is 1. The number of hydrogen-bond donors (Lipinski definition) is 1. The van der Waals surface area contributed by atoms with Crippen LogP contribution in [0.25, 0.3) is 10.9 Å². The van der Waals surface area contributed by atoms with Crippen LogP contribution in [-0.2, 0) is 13.0 Å². The topological polar surface area (TPSA) is 43.3 Å². The Morgan fingerprint density at radius 2 is 2.08 bits per heavy atom. The molecule has 3 aromatic rings. The Balaban J connectivity index is 1.52. The minimum Gasteiger partial charge on any atom is -0.486 e. The maximum atomic E-state index is 12.8. The average molecular weight is 369 g/mol. The Hall–Kier alpha value is -2.46. The lowest BCUT2D eigenvalue weighted by Gasteiger charge is -2.26. The van der Waals surface area contributed by atoms with E-state index >= 15 is 0 Å². The molecule has 0 unspecified atom stereocenters. The van der Waals surface area contributed by atoms with E-state index < -0.39 is 0 Å². The Labute approximate surface area is 157 Å². The van der Waals surface area contributed by atoms with Gasteiger partial charge in [-0.25, -0.2) is 0 Å². The zero-order chi connectivity index (χ0) is 18.1. The van der Waals surface area contributed by atoms with Gasteiger partial charge in [0.1, 0.15) is 17.5 Å². The molecule has 1 aromatic heterocycles. The molecule has 2 aromatic carbocycles. The molecule has 1 amide bonds. The van der Waals surface area contributed by atoms with Gasteiger partial charge in [-0.15, -0.1) is 0 Å². The number of ether oxygens (including phenoxy) is 1. The molecule has 1 aliphatic rings. The average Bonchev–Trinajstić information content (AvgIpc) is 3.03. The van der Waals surface area contributed by atoms with Crippen molar-refractivity contribution < 1.29 is 9.53 Å². The van der Waals surface area contributed by atoms with Gasteiger partial charge in [-0.1, -0.05) is 42.8 Å². The number of carbonyl (C=O) groups is 1. The fraction of sp³-hybridized carbons (Fsp3) is 0.286. The predicted octanol–water partition coefficient (Wildman–Crippen LogP) is 4.44. The summed E-state index contributed by atoms with van der Waals surface area (Å²) in [5.41, 5.74) is 2.86. The summed E-state index contributed by atoms with van der Waals surface area (Å²) < 4.78 is 8.13. The first kappa shape index (κ1) is 17.0. The van der Waals surface area contributed by atoms with Crippen LogP contribution in [0.3, 0.4) is 0 Å². The van der Waals surface area contributed by atoms with Gasteiger partial charge in [-0.3, -0.25) is 4.79 Å². The Morgan fingerprint density at radius 1 is 1.27 bits per heavy atom. The van der Waals surface area contributed by atoms with Crippen molar-refractivity contribution in [1.82, 2.24) is 9.88 Å². The molecular formula is C21H21ClN2O2. The van der Waals surface area contributed by atoms with Crippen LogP contribution in [-0.4, -0.2) is 23.1 Å². The van der Waals surface area contributed by atoms with Gasteiger partial charge in [0.05, 0.1) is 12.1 Å². The number of rotatable bonds is 5. The van der Waals surface area contributed by atoms with E-state index in [0.717, 1.165) is 40.1 Å². The van der Waals surface area contributed by atoms with Gasteiger partial charge in [0.25, 0.3) is 5.91 Å². The third-order valence-electron chi connectivity index (χ3n) is 4.86. The Morgan fingerprint density at radius 3 is 2.85 bits per heavy atom. The van der Waals surface area contributed by atoms with E-state index in [4.69, 9.17) is 16.3 Å². The fourth-order valence-corrected chi connectivity index (χ4v) is 3.58. The normalized spacial score (nSPS) is 15.7. The van der Waals surface area contributed by atoms with Gasteiger partial charge >= 0.3 is 0 Å². The molecule has 4 rings (SSSR count). The van der Waals surface area contributed by atoms with Crippen LogP contribution in [0.4, 0.5) is 0 Å². The summed E-state index contributed by atoms with van der Waals surface area (Å²) in [4.78, 5) is 12.8. The number of nitrogens with zero attached hydrogens (tertiary/aromatic N) is 1. The van der Waals surface area contributed by atoms with Gasteiger partial charge in [0, 0.05) is 17.0 Å². The number of aromatic nitrogens is 1. The molecule has 0 radical (unpaired) electrons.